The van der Waals surface area contributed by atoms with Crippen molar-refractivity contribution in [3.63, 3.8) is 0 Å². The number of amides is 1. The van der Waals surface area contributed by atoms with Crippen LogP contribution in [0.15, 0.2) is 30.3 Å². The van der Waals surface area contributed by atoms with Gasteiger partial charge >= 0.3 is 0 Å². The van der Waals surface area contributed by atoms with Crippen LogP contribution in [0.5, 0.6) is 0 Å². The summed E-state index contributed by atoms with van der Waals surface area (Å²) in [4.78, 5) is 12.4. The number of carbonyl (C=O) groups is 1. The van der Waals surface area contributed by atoms with E-state index in [2.05, 4.69) is 5.32 Å². The Hall–Kier alpha value is -1.39. The molecule has 2 atom stereocenters. The van der Waals surface area contributed by atoms with Crippen LogP contribution in [0.3, 0.4) is 0 Å². The fourth-order valence-corrected chi connectivity index (χ4v) is 2.71. The van der Waals surface area contributed by atoms with Gasteiger partial charge in [-0.3, -0.25) is 4.79 Å². The number of rotatable bonds is 6. The molecule has 21 heavy (non-hydrogen) atoms. The van der Waals surface area contributed by atoms with Crippen molar-refractivity contribution in [3.05, 3.63) is 35.9 Å². The molecule has 0 unspecified atom stereocenters. The zero-order valence-corrected chi connectivity index (χ0v) is 13.1. The molecule has 0 aromatic heterocycles. The summed E-state index contributed by atoms with van der Waals surface area (Å²) in [7, 11) is 1.68. The number of hydrogen-bond acceptors (Lipinski definition) is 3. The molecule has 1 aromatic rings. The second-order valence-corrected chi connectivity index (χ2v) is 6.20. The van der Waals surface area contributed by atoms with E-state index in [1.807, 2.05) is 37.3 Å². The number of methoxy groups -OCH3 is 1. The third kappa shape index (κ3) is 3.27. The van der Waals surface area contributed by atoms with E-state index in [0.717, 1.165) is 24.8 Å². The van der Waals surface area contributed by atoms with Crippen molar-refractivity contribution in [2.45, 2.75) is 50.2 Å². The van der Waals surface area contributed by atoms with Crippen LogP contribution in [0.1, 0.15) is 44.6 Å². The first-order chi connectivity index (χ1) is 9.91. The molecule has 0 saturated heterocycles. The molecule has 0 aliphatic heterocycles. The van der Waals surface area contributed by atoms with E-state index in [1.165, 1.54) is 0 Å². The maximum Gasteiger partial charge on any atom is 0.252 e. The standard InChI is InChI=1S/C17H25NO3/c1-13(14-8-5-4-6-9-14)16(2,20)15(19)18-12-17(21-3)10-7-11-17/h4-6,8-9,13,20H,7,10-12H2,1-3H3,(H,18,19)/t13-,16+/m1/s1. The highest BCUT2D eigenvalue weighted by Crippen LogP contribution is 2.34. The number of hydrogen-bond donors (Lipinski definition) is 2. The summed E-state index contributed by atoms with van der Waals surface area (Å²) in [5.74, 6) is -0.624. The molecule has 0 spiro atoms. The Morgan fingerprint density at radius 2 is 2.05 bits per heavy atom. The lowest BCUT2D eigenvalue weighted by Crippen LogP contribution is -2.55. The van der Waals surface area contributed by atoms with Crippen molar-refractivity contribution in [1.82, 2.24) is 5.32 Å². The summed E-state index contributed by atoms with van der Waals surface area (Å²) in [6.07, 6.45) is 3.04. The Balaban J connectivity index is 1.99. The van der Waals surface area contributed by atoms with Gasteiger partial charge in [-0.1, -0.05) is 37.3 Å². The summed E-state index contributed by atoms with van der Waals surface area (Å²) in [6.45, 7) is 3.89. The van der Waals surface area contributed by atoms with Crippen LogP contribution in [-0.2, 0) is 9.53 Å². The zero-order valence-electron chi connectivity index (χ0n) is 13.1. The highest BCUT2D eigenvalue weighted by Gasteiger charge is 2.41. The van der Waals surface area contributed by atoms with Crippen LogP contribution < -0.4 is 5.32 Å². The molecule has 4 nitrogen and oxygen atoms in total. The smallest absolute Gasteiger partial charge is 0.252 e. The van der Waals surface area contributed by atoms with Crippen molar-refractivity contribution >= 4 is 5.91 Å². The van der Waals surface area contributed by atoms with Crippen LogP contribution in [0.2, 0.25) is 0 Å². The average Bonchev–Trinajstić information content (AvgIpc) is 2.46. The molecule has 1 aromatic carbocycles. The molecule has 2 N–H and O–H groups in total. The van der Waals surface area contributed by atoms with Gasteiger partial charge in [0, 0.05) is 19.6 Å². The topological polar surface area (TPSA) is 58.6 Å². The fourth-order valence-electron chi connectivity index (χ4n) is 2.71. The molecule has 116 valence electrons. The molecule has 0 heterocycles. The Bertz CT molecular complexity index is 475. The van der Waals surface area contributed by atoms with Gasteiger partial charge in [0.2, 0.25) is 0 Å². The van der Waals surface area contributed by atoms with Crippen LogP contribution in [0.25, 0.3) is 0 Å². The maximum atomic E-state index is 12.4. The van der Waals surface area contributed by atoms with E-state index in [1.54, 1.807) is 14.0 Å². The number of ether oxygens (including phenoxy) is 1. The predicted octanol–water partition coefficient (Wildman–Crippen LogP) is 2.23. The molecule has 1 amide bonds. The highest BCUT2D eigenvalue weighted by molar-refractivity contribution is 5.85. The summed E-state index contributed by atoms with van der Waals surface area (Å²) >= 11 is 0. The SMILES string of the molecule is COC1(CNC(=O)[C@@](C)(O)[C@H](C)c2ccccc2)CCC1. The van der Waals surface area contributed by atoms with Gasteiger partial charge in [0.15, 0.2) is 0 Å². The van der Waals surface area contributed by atoms with Gasteiger partial charge in [0.1, 0.15) is 5.60 Å². The molecule has 1 saturated carbocycles. The second kappa shape index (κ2) is 6.16. The van der Waals surface area contributed by atoms with Gasteiger partial charge in [0.05, 0.1) is 5.60 Å². The van der Waals surface area contributed by atoms with E-state index in [4.69, 9.17) is 4.74 Å². The molecule has 2 rings (SSSR count). The van der Waals surface area contributed by atoms with Gasteiger partial charge in [-0.2, -0.15) is 0 Å². The minimum absolute atomic E-state index is 0.234. The van der Waals surface area contributed by atoms with E-state index >= 15 is 0 Å². The van der Waals surface area contributed by atoms with Gasteiger partial charge in [-0.25, -0.2) is 0 Å². The molecule has 1 aliphatic carbocycles. The number of nitrogens with one attached hydrogen (secondary N) is 1. The molecule has 1 aliphatic rings. The van der Waals surface area contributed by atoms with Gasteiger partial charge in [-0.05, 0) is 31.7 Å². The number of benzene rings is 1. The predicted molar refractivity (Wildman–Crippen MR) is 82.1 cm³/mol. The monoisotopic (exact) mass is 291 g/mol. The average molecular weight is 291 g/mol. The van der Waals surface area contributed by atoms with E-state index in [9.17, 15) is 9.90 Å². The van der Waals surface area contributed by atoms with Gasteiger partial charge < -0.3 is 15.2 Å². The third-order valence-corrected chi connectivity index (χ3v) is 4.87. The van der Waals surface area contributed by atoms with Crippen LogP contribution in [0.4, 0.5) is 0 Å². The molecular weight excluding hydrogens is 266 g/mol. The first kappa shape index (κ1) is 16.0. The third-order valence-electron chi connectivity index (χ3n) is 4.87. The van der Waals surface area contributed by atoms with Crippen molar-refractivity contribution in [2.24, 2.45) is 0 Å². The Morgan fingerprint density at radius 1 is 1.43 bits per heavy atom. The van der Waals surface area contributed by atoms with Crippen LogP contribution in [-0.4, -0.2) is 35.9 Å². The summed E-state index contributed by atoms with van der Waals surface area (Å²) in [6, 6.07) is 9.59. The Kier molecular flexibility index (Phi) is 4.69. The van der Waals surface area contributed by atoms with Crippen LogP contribution in [0, 0.1) is 0 Å². The minimum atomic E-state index is -1.44. The van der Waals surface area contributed by atoms with E-state index < -0.39 is 5.60 Å². The van der Waals surface area contributed by atoms with Crippen molar-refractivity contribution in [1.29, 1.82) is 0 Å². The largest absolute Gasteiger partial charge is 0.380 e. The minimum Gasteiger partial charge on any atom is -0.380 e. The lowest BCUT2D eigenvalue weighted by molar-refractivity contribution is -0.143. The Morgan fingerprint density at radius 3 is 2.52 bits per heavy atom. The van der Waals surface area contributed by atoms with Crippen molar-refractivity contribution in [3.8, 4) is 0 Å². The summed E-state index contributed by atoms with van der Waals surface area (Å²) < 4.78 is 5.49. The molecule has 1 fully saturated rings. The lowest BCUT2D eigenvalue weighted by atomic mass is 9.79. The van der Waals surface area contributed by atoms with E-state index in [-0.39, 0.29) is 17.4 Å². The van der Waals surface area contributed by atoms with E-state index in [0.29, 0.717) is 6.54 Å². The molecular formula is C17H25NO3. The quantitative estimate of drug-likeness (QED) is 0.845. The molecule has 4 heteroatoms. The summed E-state index contributed by atoms with van der Waals surface area (Å²) in [5, 5.41) is 13.5. The van der Waals surface area contributed by atoms with Crippen molar-refractivity contribution < 1.29 is 14.6 Å². The fraction of sp³-hybridized carbons (Fsp3) is 0.588. The second-order valence-electron chi connectivity index (χ2n) is 6.20. The Labute approximate surface area is 126 Å². The van der Waals surface area contributed by atoms with Crippen LogP contribution >= 0.6 is 0 Å². The number of carbonyl (C=O) groups excluding carboxylic acids is 1. The molecule has 0 radical (unpaired) electrons. The van der Waals surface area contributed by atoms with Gasteiger partial charge in [0.25, 0.3) is 5.91 Å². The maximum absolute atomic E-state index is 12.4. The van der Waals surface area contributed by atoms with Crippen molar-refractivity contribution in [2.75, 3.05) is 13.7 Å². The first-order valence-corrected chi connectivity index (χ1v) is 7.52. The first-order valence-electron chi connectivity index (χ1n) is 7.52. The van der Waals surface area contributed by atoms with Gasteiger partial charge in [-0.15, -0.1) is 0 Å². The summed E-state index contributed by atoms with van der Waals surface area (Å²) in [5.41, 5.74) is -0.732. The zero-order chi connectivity index (χ0) is 15.5. The molecule has 0 bridgehead atoms. The highest BCUT2D eigenvalue weighted by atomic mass is 16.5. The number of aliphatic hydroxyl groups is 1. The normalized spacial score (nSPS) is 21.0. The lowest BCUT2D eigenvalue weighted by Gasteiger charge is -2.41.